The first-order valence-corrected chi connectivity index (χ1v) is 8.83. The number of nitriles is 1. The van der Waals surface area contributed by atoms with Gasteiger partial charge in [-0.2, -0.15) is 5.26 Å². The van der Waals surface area contributed by atoms with Crippen LogP contribution in [0.3, 0.4) is 0 Å². The van der Waals surface area contributed by atoms with E-state index >= 15 is 0 Å². The second-order valence-corrected chi connectivity index (χ2v) is 7.01. The average Bonchev–Trinajstić information content (AvgIpc) is 3.10. The van der Waals surface area contributed by atoms with Gasteiger partial charge in [-0.05, 0) is 25.8 Å². The topological polar surface area (TPSA) is 66.5 Å². The maximum Gasteiger partial charge on any atom is 0.150 e. The summed E-state index contributed by atoms with van der Waals surface area (Å²) in [6.45, 7) is 4.40. The molecule has 0 bridgehead atoms. The molecule has 4 rings (SSSR count). The van der Waals surface area contributed by atoms with Crippen molar-refractivity contribution in [2.75, 3.05) is 24.7 Å². The van der Waals surface area contributed by atoms with Gasteiger partial charge in [-0.3, -0.25) is 0 Å². The molecule has 0 unspecified atom stereocenters. The Morgan fingerprint density at radius 3 is 2.92 bits per heavy atom. The molecule has 0 amide bonds. The Bertz CT molecular complexity index is 771. The first-order chi connectivity index (χ1) is 11.7. The summed E-state index contributed by atoms with van der Waals surface area (Å²) in [5.74, 6) is 0.923. The van der Waals surface area contributed by atoms with Crippen molar-refractivity contribution in [3.05, 3.63) is 24.2 Å². The van der Waals surface area contributed by atoms with E-state index in [0.717, 1.165) is 49.1 Å². The molecule has 0 radical (unpaired) electrons. The standard InChI is InChI=1S/C18H23N5O/c1-14-11-24-8-7-22(14)17-9-15(16-10-20-13-23(16)21-17)18(12-19)5-3-2-4-6-18/h9-10,13-14H,2-8,11H2,1H3/t14-/m1/s1. The van der Waals surface area contributed by atoms with E-state index < -0.39 is 5.41 Å². The van der Waals surface area contributed by atoms with E-state index in [0.29, 0.717) is 13.2 Å². The molecule has 6 nitrogen and oxygen atoms in total. The maximum atomic E-state index is 10.0. The first-order valence-electron chi connectivity index (χ1n) is 8.83. The summed E-state index contributed by atoms with van der Waals surface area (Å²) in [7, 11) is 0. The average molecular weight is 325 g/mol. The van der Waals surface area contributed by atoms with Gasteiger partial charge in [-0.1, -0.05) is 19.3 Å². The highest BCUT2D eigenvalue weighted by atomic mass is 16.5. The van der Waals surface area contributed by atoms with Gasteiger partial charge in [0.05, 0.1) is 42.5 Å². The predicted octanol–water partition coefficient (Wildman–Crippen LogP) is 2.68. The quantitative estimate of drug-likeness (QED) is 0.849. The van der Waals surface area contributed by atoms with Crippen LogP contribution in [0.25, 0.3) is 5.52 Å². The molecule has 1 aliphatic carbocycles. The number of rotatable bonds is 2. The van der Waals surface area contributed by atoms with Gasteiger partial charge in [-0.15, -0.1) is 5.10 Å². The van der Waals surface area contributed by atoms with E-state index in [1.165, 1.54) is 6.42 Å². The highest BCUT2D eigenvalue weighted by Crippen LogP contribution is 2.41. The second-order valence-electron chi connectivity index (χ2n) is 7.01. The Morgan fingerprint density at radius 2 is 2.17 bits per heavy atom. The van der Waals surface area contributed by atoms with Gasteiger partial charge in [0.1, 0.15) is 12.1 Å². The third kappa shape index (κ3) is 2.44. The zero-order valence-corrected chi connectivity index (χ0v) is 14.1. The predicted molar refractivity (Wildman–Crippen MR) is 91.0 cm³/mol. The van der Waals surface area contributed by atoms with E-state index in [9.17, 15) is 5.26 Å². The molecule has 2 aromatic rings. The Kier molecular flexibility index (Phi) is 3.89. The summed E-state index contributed by atoms with van der Waals surface area (Å²) in [6, 6.07) is 5.06. The number of imidazole rings is 1. The minimum Gasteiger partial charge on any atom is -0.377 e. The zero-order chi connectivity index (χ0) is 16.6. The molecular formula is C18H23N5O. The molecule has 6 heteroatoms. The summed E-state index contributed by atoms with van der Waals surface area (Å²) < 4.78 is 7.39. The number of anilines is 1. The van der Waals surface area contributed by atoms with Gasteiger partial charge in [-0.25, -0.2) is 9.50 Å². The fourth-order valence-electron chi connectivity index (χ4n) is 4.09. The molecule has 1 aliphatic heterocycles. The molecule has 24 heavy (non-hydrogen) atoms. The van der Waals surface area contributed by atoms with Crippen molar-refractivity contribution in [3.63, 3.8) is 0 Å². The summed E-state index contributed by atoms with van der Waals surface area (Å²) in [5.41, 5.74) is 1.64. The Morgan fingerprint density at radius 1 is 1.33 bits per heavy atom. The highest BCUT2D eigenvalue weighted by Gasteiger charge is 2.37. The minimum absolute atomic E-state index is 0.282. The lowest BCUT2D eigenvalue weighted by atomic mass is 9.70. The smallest absolute Gasteiger partial charge is 0.150 e. The Balaban J connectivity index is 1.85. The minimum atomic E-state index is -0.410. The zero-order valence-electron chi connectivity index (χ0n) is 14.1. The van der Waals surface area contributed by atoms with Crippen molar-refractivity contribution < 1.29 is 4.74 Å². The van der Waals surface area contributed by atoms with Gasteiger partial charge in [0.15, 0.2) is 0 Å². The first kappa shape index (κ1) is 15.4. The summed E-state index contributed by atoms with van der Waals surface area (Å²) in [5, 5.41) is 14.8. The molecule has 3 heterocycles. The highest BCUT2D eigenvalue weighted by molar-refractivity contribution is 5.62. The maximum absolute atomic E-state index is 10.0. The van der Waals surface area contributed by atoms with Gasteiger partial charge in [0.2, 0.25) is 0 Å². The van der Waals surface area contributed by atoms with Crippen LogP contribution in [0.4, 0.5) is 5.82 Å². The van der Waals surface area contributed by atoms with Crippen LogP contribution in [-0.2, 0) is 10.2 Å². The lowest BCUT2D eigenvalue weighted by Crippen LogP contribution is -2.44. The molecule has 1 saturated carbocycles. The van der Waals surface area contributed by atoms with Crippen LogP contribution >= 0.6 is 0 Å². The van der Waals surface area contributed by atoms with Crippen LogP contribution in [0, 0.1) is 11.3 Å². The van der Waals surface area contributed by atoms with Crippen LogP contribution in [0.1, 0.15) is 44.6 Å². The SMILES string of the molecule is C[C@@H]1COCCN1c1cc(C2(C#N)CCCCC2)c2cncn2n1. The van der Waals surface area contributed by atoms with Gasteiger partial charge in [0, 0.05) is 12.1 Å². The number of fused-ring (bicyclic) bond motifs is 1. The second kappa shape index (κ2) is 6.06. The van der Waals surface area contributed by atoms with E-state index in [1.54, 1.807) is 6.33 Å². The lowest BCUT2D eigenvalue weighted by molar-refractivity contribution is 0.0984. The van der Waals surface area contributed by atoms with E-state index in [1.807, 2.05) is 10.7 Å². The monoisotopic (exact) mass is 325 g/mol. The van der Waals surface area contributed by atoms with Crippen molar-refractivity contribution in [3.8, 4) is 6.07 Å². The van der Waals surface area contributed by atoms with Crippen LogP contribution in [0.2, 0.25) is 0 Å². The molecule has 2 aromatic heterocycles. The Labute approximate surface area is 142 Å². The molecule has 1 saturated heterocycles. The van der Waals surface area contributed by atoms with E-state index in [2.05, 4.69) is 28.9 Å². The van der Waals surface area contributed by atoms with Gasteiger partial charge in [0.25, 0.3) is 0 Å². The van der Waals surface area contributed by atoms with Crippen LogP contribution < -0.4 is 4.90 Å². The molecule has 2 aliphatic rings. The van der Waals surface area contributed by atoms with E-state index in [4.69, 9.17) is 9.84 Å². The van der Waals surface area contributed by atoms with Crippen molar-refractivity contribution in [1.29, 1.82) is 5.26 Å². The van der Waals surface area contributed by atoms with Crippen molar-refractivity contribution in [2.24, 2.45) is 0 Å². The fraction of sp³-hybridized carbons (Fsp3) is 0.611. The molecular weight excluding hydrogens is 302 g/mol. The Hall–Kier alpha value is -2.13. The number of ether oxygens (including phenoxy) is 1. The summed E-state index contributed by atoms with van der Waals surface area (Å²) in [4.78, 5) is 6.55. The number of hydrogen-bond acceptors (Lipinski definition) is 5. The number of morpholine rings is 1. The van der Waals surface area contributed by atoms with Crippen LogP contribution in [-0.4, -0.2) is 40.4 Å². The largest absolute Gasteiger partial charge is 0.377 e. The molecule has 1 atom stereocenters. The summed E-state index contributed by atoms with van der Waals surface area (Å²) in [6.07, 6.45) is 8.86. The van der Waals surface area contributed by atoms with Gasteiger partial charge >= 0.3 is 0 Å². The fourth-order valence-corrected chi connectivity index (χ4v) is 4.09. The lowest BCUT2D eigenvalue weighted by Gasteiger charge is -2.36. The molecule has 0 spiro atoms. The van der Waals surface area contributed by atoms with Crippen LogP contribution in [0.5, 0.6) is 0 Å². The molecule has 0 N–H and O–H groups in total. The third-order valence-corrected chi connectivity index (χ3v) is 5.48. The molecule has 0 aromatic carbocycles. The van der Waals surface area contributed by atoms with Crippen molar-refractivity contribution in [2.45, 2.75) is 50.5 Å². The number of hydrogen-bond donors (Lipinski definition) is 0. The van der Waals surface area contributed by atoms with Crippen LogP contribution in [0.15, 0.2) is 18.6 Å². The molecule has 126 valence electrons. The van der Waals surface area contributed by atoms with Crippen molar-refractivity contribution in [1.82, 2.24) is 14.6 Å². The number of nitrogens with zero attached hydrogens (tertiary/aromatic N) is 5. The normalized spacial score (nSPS) is 24.0. The van der Waals surface area contributed by atoms with Gasteiger partial charge < -0.3 is 9.64 Å². The van der Waals surface area contributed by atoms with Crippen molar-refractivity contribution >= 4 is 11.3 Å². The number of aromatic nitrogens is 3. The third-order valence-electron chi connectivity index (χ3n) is 5.48. The molecule has 2 fully saturated rings. The summed E-state index contributed by atoms with van der Waals surface area (Å²) >= 11 is 0. The van der Waals surface area contributed by atoms with E-state index in [-0.39, 0.29) is 6.04 Å².